The molecule has 3 heterocycles. The number of pyridine rings is 1. The number of carboxylic acids is 1. The summed E-state index contributed by atoms with van der Waals surface area (Å²) in [6, 6.07) is 6.78. The number of carbonyl (C=O) groups excluding carboxylic acids is 1. The first kappa shape index (κ1) is 22.4. The average Bonchev–Trinajstić information content (AvgIpc) is 3.24. The summed E-state index contributed by atoms with van der Waals surface area (Å²) in [4.78, 5) is 29.3. The number of aliphatic carboxylic acids is 1. The summed E-state index contributed by atoms with van der Waals surface area (Å²) < 4.78 is 46.9. The van der Waals surface area contributed by atoms with Gasteiger partial charge in [0, 0.05) is 34.9 Å². The number of hydrogen-bond acceptors (Lipinski definition) is 4. The molecule has 0 aliphatic heterocycles. The molecule has 190 valence electrons. The zero-order valence-corrected chi connectivity index (χ0v) is 19.6. The van der Waals surface area contributed by atoms with Crippen molar-refractivity contribution in [3.63, 3.8) is 0 Å². The van der Waals surface area contributed by atoms with Gasteiger partial charge in [-0.3, -0.25) is 14.6 Å². The number of amides is 1. The van der Waals surface area contributed by atoms with Crippen molar-refractivity contribution in [3.8, 4) is 0 Å². The summed E-state index contributed by atoms with van der Waals surface area (Å²) in [7, 11) is 0. The van der Waals surface area contributed by atoms with E-state index in [2.05, 4.69) is 10.3 Å². The molecular weight excluding hydrogens is 487 g/mol. The maximum Gasteiger partial charge on any atom is 0.416 e. The van der Waals surface area contributed by atoms with Crippen molar-refractivity contribution in [3.05, 3.63) is 65.8 Å². The Morgan fingerprint density at radius 3 is 2.51 bits per heavy atom. The molecule has 0 saturated heterocycles. The van der Waals surface area contributed by atoms with E-state index in [1.807, 2.05) is 10.6 Å². The van der Waals surface area contributed by atoms with Crippen LogP contribution in [0.3, 0.4) is 0 Å². The molecule has 0 spiro atoms. The molecule has 10 heteroatoms. The highest BCUT2D eigenvalue weighted by Gasteiger charge is 2.81. The highest BCUT2D eigenvalue weighted by molar-refractivity contribution is 6.06. The van der Waals surface area contributed by atoms with Gasteiger partial charge < -0.3 is 19.4 Å². The van der Waals surface area contributed by atoms with E-state index >= 15 is 0 Å². The number of hydrogen-bond donors (Lipinski definition) is 2. The fraction of sp³-hybridized carbons (Fsp3) is 0.370. The van der Waals surface area contributed by atoms with Crippen molar-refractivity contribution in [2.75, 3.05) is 0 Å². The summed E-state index contributed by atoms with van der Waals surface area (Å²) in [5.74, 6) is -0.547. The third kappa shape index (κ3) is 3.10. The van der Waals surface area contributed by atoms with Crippen LogP contribution in [0.5, 0.6) is 0 Å². The lowest BCUT2D eigenvalue weighted by Gasteiger charge is -2.71. The number of halogens is 3. The highest BCUT2D eigenvalue weighted by Crippen LogP contribution is 2.81. The van der Waals surface area contributed by atoms with E-state index in [4.69, 9.17) is 4.42 Å². The van der Waals surface area contributed by atoms with Gasteiger partial charge in [-0.1, -0.05) is 0 Å². The maximum atomic E-state index is 13.5. The summed E-state index contributed by atoms with van der Waals surface area (Å²) >= 11 is 0. The number of alkyl halides is 3. The van der Waals surface area contributed by atoms with Gasteiger partial charge in [0.25, 0.3) is 5.91 Å². The van der Waals surface area contributed by atoms with Crippen LogP contribution >= 0.6 is 0 Å². The van der Waals surface area contributed by atoms with Crippen LogP contribution in [0, 0.1) is 10.8 Å². The standard InChI is InChI=1S/C27H22F3N3O4/c28-27(29,30)17-1-2-20-16(7-17)8-18(37-20)11-33-6-3-15-9-31-10-19(21(15)33)22(34)32-26(4-5-26)25-12-24(13-25,14-25)23(35)36/h1-3,6-10H,4-5,11-14H2,(H,32,34)(H,35,36). The van der Waals surface area contributed by atoms with Crippen LogP contribution in [-0.4, -0.2) is 32.1 Å². The number of carboxylic acid groups (broad SMARTS) is 1. The topological polar surface area (TPSA) is 97.4 Å². The van der Waals surface area contributed by atoms with Gasteiger partial charge in [0.1, 0.15) is 11.3 Å². The second kappa shape index (κ2) is 6.93. The van der Waals surface area contributed by atoms with Crippen molar-refractivity contribution in [2.45, 2.75) is 50.4 Å². The fourth-order valence-electron chi connectivity index (χ4n) is 6.70. The zero-order chi connectivity index (χ0) is 25.8. The summed E-state index contributed by atoms with van der Waals surface area (Å²) in [6.07, 6.45) is 4.01. The molecule has 0 unspecified atom stereocenters. The molecule has 4 aliphatic carbocycles. The van der Waals surface area contributed by atoms with Crippen LogP contribution in [0.25, 0.3) is 21.9 Å². The SMILES string of the molecule is O=C(NC1(C23CC(C(=O)O)(C2)C3)CC1)c1cncc2ccn(Cc3cc4cc(C(F)(F)F)ccc4o3)c12. The monoisotopic (exact) mass is 509 g/mol. The van der Waals surface area contributed by atoms with Crippen LogP contribution in [0.15, 0.2) is 53.3 Å². The van der Waals surface area contributed by atoms with Crippen molar-refractivity contribution in [1.29, 1.82) is 0 Å². The Balaban J connectivity index is 1.17. The van der Waals surface area contributed by atoms with E-state index in [0.29, 0.717) is 47.1 Å². The van der Waals surface area contributed by atoms with Gasteiger partial charge in [0.15, 0.2) is 0 Å². The van der Waals surface area contributed by atoms with E-state index < -0.39 is 23.1 Å². The number of benzene rings is 1. The van der Waals surface area contributed by atoms with E-state index in [1.54, 1.807) is 18.5 Å². The molecule has 1 amide bonds. The molecule has 2 N–H and O–H groups in total. The number of rotatable bonds is 6. The molecular formula is C27H22F3N3O4. The number of nitrogens with one attached hydrogen (secondary N) is 1. The largest absolute Gasteiger partial charge is 0.481 e. The summed E-state index contributed by atoms with van der Waals surface area (Å²) in [5.41, 5.74) is -0.445. The minimum absolute atomic E-state index is 0.131. The number of aromatic nitrogens is 2. The molecule has 2 bridgehead atoms. The molecule has 0 atom stereocenters. The average molecular weight is 509 g/mol. The molecule has 8 rings (SSSR count). The van der Waals surface area contributed by atoms with Crippen molar-refractivity contribution in [1.82, 2.24) is 14.9 Å². The van der Waals surface area contributed by atoms with Crippen LogP contribution in [0.4, 0.5) is 13.2 Å². The minimum atomic E-state index is -4.44. The zero-order valence-electron chi connectivity index (χ0n) is 19.6. The molecule has 4 aromatic rings. The Morgan fingerprint density at radius 2 is 1.84 bits per heavy atom. The Morgan fingerprint density at radius 1 is 1.08 bits per heavy atom. The van der Waals surface area contributed by atoms with Gasteiger partial charge in [0.2, 0.25) is 0 Å². The summed E-state index contributed by atoms with van der Waals surface area (Å²) in [5, 5.41) is 13.8. The number of fused-ring (bicyclic) bond motifs is 2. The third-order valence-electron chi connectivity index (χ3n) is 8.73. The van der Waals surface area contributed by atoms with Crippen LogP contribution in [0.2, 0.25) is 0 Å². The Kier molecular flexibility index (Phi) is 4.19. The second-order valence-electron chi connectivity index (χ2n) is 11.0. The lowest BCUT2D eigenvalue weighted by atomic mass is 9.32. The van der Waals surface area contributed by atoms with Gasteiger partial charge >= 0.3 is 12.1 Å². The van der Waals surface area contributed by atoms with E-state index in [-0.39, 0.29) is 23.4 Å². The van der Waals surface area contributed by atoms with Gasteiger partial charge in [-0.25, -0.2) is 0 Å². The van der Waals surface area contributed by atoms with Crippen molar-refractivity contribution in [2.24, 2.45) is 10.8 Å². The maximum absolute atomic E-state index is 13.5. The van der Waals surface area contributed by atoms with Crippen LogP contribution in [0.1, 0.15) is 53.8 Å². The lowest BCUT2D eigenvalue weighted by molar-refractivity contribution is -0.236. The molecule has 37 heavy (non-hydrogen) atoms. The Bertz CT molecular complexity index is 1610. The minimum Gasteiger partial charge on any atom is -0.481 e. The Hall–Kier alpha value is -3.82. The molecule has 4 fully saturated rings. The predicted octanol–water partition coefficient (Wildman–Crippen LogP) is 5.37. The smallest absolute Gasteiger partial charge is 0.416 e. The van der Waals surface area contributed by atoms with Crippen LogP contribution in [-0.2, 0) is 17.5 Å². The molecule has 7 nitrogen and oxygen atoms in total. The van der Waals surface area contributed by atoms with Crippen molar-refractivity contribution < 1.29 is 32.3 Å². The number of nitrogens with zero attached hydrogens (tertiary/aromatic N) is 2. The van der Waals surface area contributed by atoms with Gasteiger partial charge in [0.05, 0.1) is 28.6 Å². The first-order valence-corrected chi connectivity index (χ1v) is 12.1. The lowest BCUT2D eigenvalue weighted by Crippen LogP contribution is -2.73. The van der Waals surface area contributed by atoms with Gasteiger partial charge in [-0.15, -0.1) is 0 Å². The quantitative estimate of drug-likeness (QED) is 0.364. The van der Waals surface area contributed by atoms with E-state index in [1.165, 1.54) is 12.3 Å². The molecule has 0 radical (unpaired) electrons. The summed E-state index contributed by atoms with van der Waals surface area (Å²) in [6.45, 7) is 0.222. The predicted molar refractivity (Wildman–Crippen MR) is 126 cm³/mol. The molecule has 1 aromatic carbocycles. The fourth-order valence-corrected chi connectivity index (χ4v) is 6.70. The Labute approximate surface area is 208 Å². The third-order valence-corrected chi connectivity index (χ3v) is 8.73. The van der Waals surface area contributed by atoms with Gasteiger partial charge in [-0.05, 0) is 67.9 Å². The highest BCUT2D eigenvalue weighted by atomic mass is 19.4. The number of carbonyl (C=O) groups is 2. The van der Waals surface area contributed by atoms with Crippen molar-refractivity contribution >= 4 is 33.7 Å². The van der Waals surface area contributed by atoms with E-state index in [0.717, 1.165) is 30.4 Å². The van der Waals surface area contributed by atoms with Gasteiger partial charge in [-0.2, -0.15) is 13.2 Å². The van der Waals surface area contributed by atoms with Crippen LogP contribution < -0.4 is 5.32 Å². The second-order valence-corrected chi connectivity index (χ2v) is 11.0. The first-order valence-electron chi connectivity index (χ1n) is 12.1. The first-order chi connectivity index (χ1) is 17.5. The molecule has 4 aliphatic rings. The molecule has 3 aromatic heterocycles. The molecule has 4 saturated carbocycles. The van der Waals surface area contributed by atoms with E-state index in [9.17, 15) is 27.9 Å². The normalized spacial score (nSPS) is 25.5. The number of furan rings is 1.